The third-order valence-electron chi connectivity index (χ3n) is 3.35. The van der Waals surface area contributed by atoms with Crippen molar-refractivity contribution < 1.29 is 9.59 Å². The van der Waals surface area contributed by atoms with E-state index in [9.17, 15) is 9.59 Å². The molecule has 1 aromatic rings. The highest BCUT2D eigenvalue weighted by atomic mass is 16.2. The Hall–Kier alpha value is -1.88. The van der Waals surface area contributed by atoms with Crippen LogP contribution in [0.15, 0.2) is 24.3 Å². The fourth-order valence-electron chi connectivity index (χ4n) is 2.14. The van der Waals surface area contributed by atoms with Gasteiger partial charge in [-0.3, -0.25) is 9.59 Å². The average Bonchev–Trinajstić information content (AvgIpc) is 2.42. The van der Waals surface area contributed by atoms with Crippen molar-refractivity contribution in [2.24, 2.45) is 5.73 Å². The molecule has 1 aliphatic heterocycles. The van der Waals surface area contributed by atoms with Gasteiger partial charge in [0, 0.05) is 25.7 Å². The standard InChI is InChI=1S/C14H19N3O2/c1-16-7-8-17(10-13(16)18)14(19)12-4-2-3-11(9-12)5-6-15/h2-4,9H,5-8,10,15H2,1H3. The summed E-state index contributed by atoms with van der Waals surface area (Å²) >= 11 is 0. The first-order valence-corrected chi connectivity index (χ1v) is 6.44. The number of piperazine rings is 1. The van der Waals surface area contributed by atoms with Crippen molar-refractivity contribution in [2.45, 2.75) is 6.42 Å². The summed E-state index contributed by atoms with van der Waals surface area (Å²) in [5.41, 5.74) is 7.20. The fourth-order valence-corrected chi connectivity index (χ4v) is 2.14. The van der Waals surface area contributed by atoms with E-state index in [1.807, 2.05) is 18.2 Å². The van der Waals surface area contributed by atoms with Crippen LogP contribution < -0.4 is 5.73 Å². The highest BCUT2D eigenvalue weighted by Gasteiger charge is 2.25. The number of nitrogens with zero attached hydrogens (tertiary/aromatic N) is 2. The molecule has 1 aliphatic rings. The zero-order valence-electron chi connectivity index (χ0n) is 11.1. The molecular weight excluding hydrogens is 242 g/mol. The number of likely N-dealkylation sites (N-methyl/N-ethyl adjacent to an activating group) is 1. The van der Waals surface area contributed by atoms with Gasteiger partial charge in [-0.1, -0.05) is 12.1 Å². The van der Waals surface area contributed by atoms with E-state index in [4.69, 9.17) is 5.73 Å². The van der Waals surface area contributed by atoms with Crippen LogP contribution in [0.3, 0.4) is 0 Å². The van der Waals surface area contributed by atoms with E-state index in [1.165, 1.54) is 0 Å². The molecule has 1 heterocycles. The zero-order chi connectivity index (χ0) is 13.8. The molecule has 1 saturated heterocycles. The van der Waals surface area contributed by atoms with Crippen molar-refractivity contribution in [3.05, 3.63) is 35.4 Å². The van der Waals surface area contributed by atoms with Gasteiger partial charge in [0.15, 0.2) is 0 Å². The number of amides is 2. The smallest absolute Gasteiger partial charge is 0.254 e. The molecule has 2 amide bonds. The van der Waals surface area contributed by atoms with Crippen LogP contribution in [-0.2, 0) is 11.2 Å². The fraction of sp³-hybridized carbons (Fsp3) is 0.429. The topological polar surface area (TPSA) is 66.6 Å². The minimum atomic E-state index is -0.0830. The Morgan fingerprint density at radius 3 is 2.84 bits per heavy atom. The van der Waals surface area contributed by atoms with Crippen LogP contribution in [0.2, 0.25) is 0 Å². The molecule has 2 rings (SSSR count). The summed E-state index contributed by atoms with van der Waals surface area (Å²) in [4.78, 5) is 27.2. The van der Waals surface area contributed by atoms with Crippen LogP contribution in [0.5, 0.6) is 0 Å². The lowest BCUT2D eigenvalue weighted by molar-refractivity contribution is -0.133. The third-order valence-corrected chi connectivity index (χ3v) is 3.35. The second-order valence-corrected chi connectivity index (χ2v) is 4.78. The van der Waals surface area contributed by atoms with E-state index in [1.54, 1.807) is 22.9 Å². The van der Waals surface area contributed by atoms with E-state index in [-0.39, 0.29) is 18.4 Å². The normalized spacial score (nSPS) is 15.8. The Kier molecular flexibility index (Phi) is 4.16. The molecule has 5 nitrogen and oxygen atoms in total. The van der Waals surface area contributed by atoms with Crippen molar-refractivity contribution in [2.75, 3.05) is 33.2 Å². The third kappa shape index (κ3) is 3.12. The lowest BCUT2D eigenvalue weighted by atomic mass is 10.1. The van der Waals surface area contributed by atoms with Crippen molar-refractivity contribution in [3.63, 3.8) is 0 Å². The highest BCUT2D eigenvalue weighted by Crippen LogP contribution is 2.11. The van der Waals surface area contributed by atoms with Crippen molar-refractivity contribution in [1.29, 1.82) is 0 Å². The molecule has 0 aliphatic carbocycles. The second-order valence-electron chi connectivity index (χ2n) is 4.78. The molecule has 0 bridgehead atoms. The predicted molar refractivity (Wildman–Crippen MR) is 72.7 cm³/mol. The number of nitrogens with two attached hydrogens (primary N) is 1. The van der Waals surface area contributed by atoms with Gasteiger partial charge >= 0.3 is 0 Å². The SMILES string of the molecule is CN1CCN(C(=O)c2cccc(CCN)c2)CC1=O. The Labute approximate surface area is 113 Å². The van der Waals surface area contributed by atoms with Crippen LogP contribution >= 0.6 is 0 Å². The lowest BCUT2D eigenvalue weighted by Crippen LogP contribution is -2.50. The molecule has 102 valence electrons. The van der Waals surface area contributed by atoms with Crippen molar-refractivity contribution >= 4 is 11.8 Å². The summed E-state index contributed by atoms with van der Waals surface area (Å²) < 4.78 is 0. The van der Waals surface area contributed by atoms with Gasteiger partial charge in [-0.15, -0.1) is 0 Å². The molecule has 0 aromatic heterocycles. The molecule has 19 heavy (non-hydrogen) atoms. The summed E-state index contributed by atoms with van der Waals surface area (Å²) in [7, 11) is 1.76. The van der Waals surface area contributed by atoms with Crippen LogP contribution in [-0.4, -0.2) is 54.8 Å². The van der Waals surface area contributed by atoms with Gasteiger partial charge in [-0.2, -0.15) is 0 Å². The van der Waals surface area contributed by atoms with Gasteiger partial charge < -0.3 is 15.5 Å². The largest absolute Gasteiger partial charge is 0.342 e. The molecule has 5 heteroatoms. The maximum Gasteiger partial charge on any atom is 0.254 e. The number of hydrogen-bond acceptors (Lipinski definition) is 3. The van der Waals surface area contributed by atoms with Crippen LogP contribution in [0, 0.1) is 0 Å². The zero-order valence-corrected chi connectivity index (χ0v) is 11.1. The van der Waals surface area contributed by atoms with Gasteiger partial charge in [0.2, 0.25) is 5.91 Å². The van der Waals surface area contributed by atoms with E-state index < -0.39 is 0 Å². The number of benzene rings is 1. The van der Waals surface area contributed by atoms with E-state index in [2.05, 4.69) is 0 Å². The summed E-state index contributed by atoms with van der Waals surface area (Å²) in [5, 5.41) is 0. The van der Waals surface area contributed by atoms with Crippen LogP contribution in [0.1, 0.15) is 15.9 Å². The summed E-state index contributed by atoms with van der Waals surface area (Å²) in [5.74, 6) is -0.0990. The first kappa shape index (κ1) is 13.5. The lowest BCUT2D eigenvalue weighted by Gasteiger charge is -2.32. The van der Waals surface area contributed by atoms with E-state index in [0.29, 0.717) is 25.2 Å². The van der Waals surface area contributed by atoms with Crippen LogP contribution in [0.25, 0.3) is 0 Å². The van der Waals surface area contributed by atoms with E-state index in [0.717, 1.165) is 12.0 Å². The second kappa shape index (κ2) is 5.84. The maximum absolute atomic E-state index is 12.3. The molecule has 0 spiro atoms. The minimum absolute atomic E-state index is 0.0160. The monoisotopic (exact) mass is 261 g/mol. The quantitative estimate of drug-likeness (QED) is 0.839. The molecule has 2 N–H and O–H groups in total. The Balaban J connectivity index is 2.11. The molecule has 0 unspecified atom stereocenters. The summed E-state index contributed by atoms with van der Waals surface area (Å²) in [6.07, 6.45) is 0.753. The van der Waals surface area contributed by atoms with Crippen LogP contribution in [0.4, 0.5) is 0 Å². The molecule has 0 atom stereocenters. The Morgan fingerprint density at radius 1 is 1.37 bits per heavy atom. The van der Waals surface area contributed by atoms with Gasteiger partial charge in [0.25, 0.3) is 5.91 Å². The van der Waals surface area contributed by atoms with Gasteiger partial charge in [-0.05, 0) is 30.7 Å². The first-order chi connectivity index (χ1) is 9.11. The van der Waals surface area contributed by atoms with Crippen molar-refractivity contribution in [1.82, 2.24) is 9.80 Å². The Bertz CT molecular complexity index is 487. The predicted octanol–water partition coefficient (Wildman–Crippen LogP) is 0.102. The van der Waals surface area contributed by atoms with Gasteiger partial charge in [0.1, 0.15) is 6.54 Å². The number of carbonyl (C=O) groups excluding carboxylic acids is 2. The number of rotatable bonds is 3. The average molecular weight is 261 g/mol. The molecule has 1 aromatic carbocycles. The summed E-state index contributed by atoms with van der Waals surface area (Å²) in [6.45, 7) is 1.90. The minimum Gasteiger partial charge on any atom is -0.342 e. The molecular formula is C14H19N3O2. The van der Waals surface area contributed by atoms with Crippen molar-refractivity contribution in [3.8, 4) is 0 Å². The molecule has 0 saturated carbocycles. The highest BCUT2D eigenvalue weighted by molar-refractivity contribution is 5.97. The van der Waals surface area contributed by atoms with Gasteiger partial charge in [0.05, 0.1) is 0 Å². The first-order valence-electron chi connectivity index (χ1n) is 6.44. The number of hydrogen-bond donors (Lipinski definition) is 1. The van der Waals surface area contributed by atoms with Gasteiger partial charge in [-0.25, -0.2) is 0 Å². The summed E-state index contributed by atoms with van der Waals surface area (Å²) in [6, 6.07) is 7.46. The number of carbonyl (C=O) groups is 2. The molecule has 0 radical (unpaired) electrons. The van der Waals surface area contributed by atoms with E-state index >= 15 is 0 Å². The maximum atomic E-state index is 12.3. The Morgan fingerprint density at radius 2 is 2.16 bits per heavy atom. The molecule has 1 fully saturated rings.